The summed E-state index contributed by atoms with van der Waals surface area (Å²) in [6, 6.07) is 24.3. The number of ether oxygens (including phenoxy) is 1. The molecule has 1 aliphatic rings. The SMILES string of the molecule is Cc1ccc(NC(=O)COc2ccc(Br)cc2/C=C2\SC(=O)N(Cc3ccc4ccccc4c3)C2=O)cc1Cl. The van der Waals surface area contributed by atoms with Crippen molar-refractivity contribution in [2.45, 2.75) is 13.5 Å². The number of aryl methyl sites for hydroxylation is 1. The fourth-order valence-corrected chi connectivity index (χ4v) is 5.46. The van der Waals surface area contributed by atoms with Crippen LogP contribution in [0, 0.1) is 6.92 Å². The maximum atomic E-state index is 13.2. The van der Waals surface area contributed by atoms with E-state index in [0.29, 0.717) is 22.0 Å². The molecule has 196 valence electrons. The van der Waals surface area contributed by atoms with Crippen molar-refractivity contribution in [1.29, 1.82) is 0 Å². The molecule has 1 heterocycles. The molecule has 1 saturated heterocycles. The van der Waals surface area contributed by atoms with Gasteiger partial charge in [-0.3, -0.25) is 19.3 Å². The lowest BCUT2D eigenvalue weighted by Gasteiger charge is -2.13. The minimum atomic E-state index is -0.377. The summed E-state index contributed by atoms with van der Waals surface area (Å²) in [6.45, 7) is 1.81. The van der Waals surface area contributed by atoms with Crippen molar-refractivity contribution in [2.75, 3.05) is 11.9 Å². The highest BCUT2D eigenvalue weighted by Gasteiger charge is 2.35. The van der Waals surface area contributed by atoms with E-state index < -0.39 is 0 Å². The fourth-order valence-electron chi connectivity index (χ4n) is 4.07. The number of amides is 3. The topological polar surface area (TPSA) is 75.7 Å². The molecule has 0 atom stereocenters. The number of halogens is 2. The number of imide groups is 1. The molecule has 1 fully saturated rings. The molecule has 4 aromatic rings. The average Bonchev–Trinajstić information content (AvgIpc) is 3.17. The van der Waals surface area contributed by atoms with Gasteiger partial charge in [0.25, 0.3) is 17.1 Å². The summed E-state index contributed by atoms with van der Waals surface area (Å²) in [7, 11) is 0. The molecule has 5 rings (SSSR count). The molecule has 0 spiro atoms. The number of nitrogens with one attached hydrogen (secondary N) is 1. The van der Waals surface area contributed by atoms with Gasteiger partial charge in [0.2, 0.25) is 0 Å². The van der Waals surface area contributed by atoms with Gasteiger partial charge in [-0.25, -0.2) is 0 Å². The predicted octanol–water partition coefficient (Wildman–Crippen LogP) is 7.82. The van der Waals surface area contributed by atoms with Crippen LogP contribution in [-0.2, 0) is 16.1 Å². The largest absolute Gasteiger partial charge is 0.483 e. The number of hydrogen-bond donors (Lipinski definition) is 1. The van der Waals surface area contributed by atoms with Gasteiger partial charge in [-0.2, -0.15) is 0 Å². The number of fused-ring (bicyclic) bond motifs is 1. The third-order valence-electron chi connectivity index (χ3n) is 6.10. The van der Waals surface area contributed by atoms with Gasteiger partial charge < -0.3 is 10.1 Å². The van der Waals surface area contributed by atoms with Crippen LogP contribution in [-0.4, -0.2) is 28.6 Å². The summed E-state index contributed by atoms with van der Waals surface area (Å²) in [6.07, 6.45) is 1.61. The Morgan fingerprint density at radius 3 is 2.62 bits per heavy atom. The quantitative estimate of drug-likeness (QED) is 0.213. The molecule has 0 radical (unpaired) electrons. The standard InChI is InChI=1S/C30H22BrClN2O4S/c1-18-6-10-24(15-25(18)32)33-28(35)17-38-26-11-9-23(31)13-22(26)14-27-29(36)34(30(37)39-27)16-19-7-8-20-4-2-3-5-21(20)12-19/h2-15H,16-17H2,1H3,(H,33,35)/b27-14-. The summed E-state index contributed by atoms with van der Waals surface area (Å²) in [5.74, 6) is -0.339. The number of carbonyl (C=O) groups excluding carboxylic acids is 3. The van der Waals surface area contributed by atoms with Crippen LogP contribution >= 0.6 is 39.3 Å². The van der Waals surface area contributed by atoms with E-state index in [4.69, 9.17) is 16.3 Å². The lowest BCUT2D eigenvalue weighted by Crippen LogP contribution is -2.27. The van der Waals surface area contributed by atoms with Gasteiger partial charge >= 0.3 is 0 Å². The Morgan fingerprint density at radius 1 is 1.03 bits per heavy atom. The molecular formula is C30H22BrClN2O4S. The summed E-state index contributed by atoms with van der Waals surface area (Å²) >= 11 is 10.5. The zero-order valence-electron chi connectivity index (χ0n) is 20.7. The zero-order valence-corrected chi connectivity index (χ0v) is 23.9. The van der Waals surface area contributed by atoms with Crippen LogP contribution in [0.25, 0.3) is 16.8 Å². The van der Waals surface area contributed by atoms with Crippen molar-refractivity contribution < 1.29 is 19.1 Å². The van der Waals surface area contributed by atoms with Gasteiger partial charge in [-0.15, -0.1) is 0 Å². The van der Waals surface area contributed by atoms with Crippen LogP contribution in [0.5, 0.6) is 5.75 Å². The molecule has 1 N–H and O–H groups in total. The van der Waals surface area contributed by atoms with Gasteiger partial charge in [0.1, 0.15) is 5.75 Å². The predicted molar refractivity (Wildman–Crippen MR) is 160 cm³/mol. The number of anilines is 1. The van der Waals surface area contributed by atoms with Gasteiger partial charge in [0, 0.05) is 20.7 Å². The number of rotatable bonds is 7. The van der Waals surface area contributed by atoms with E-state index in [1.807, 2.05) is 55.5 Å². The summed E-state index contributed by atoms with van der Waals surface area (Å²) in [4.78, 5) is 40.0. The van der Waals surface area contributed by atoms with Gasteiger partial charge in [-0.1, -0.05) is 70.0 Å². The maximum absolute atomic E-state index is 13.2. The first kappa shape index (κ1) is 27.0. The highest BCUT2D eigenvalue weighted by molar-refractivity contribution is 9.10. The van der Waals surface area contributed by atoms with Gasteiger partial charge in [0.15, 0.2) is 6.61 Å². The molecule has 0 saturated carbocycles. The van der Waals surface area contributed by atoms with Crippen LogP contribution in [0.3, 0.4) is 0 Å². The van der Waals surface area contributed by atoms with E-state index >= 15 is 0 Å². The Labute approximate surface area is 243 Å². The Bertz CT molecular complexity index is 1660. The maximum Gasteiger partial charge on any atom is 0.293 e. The normalized spacial score (nSPS) is 14.3. The molecule has 6 nitrogen and oxygen atoms in total. The van der Waals surface area contributed by atoms with Crippen molar-refractivity contribution >= 4 is 78.9 Å². The van der Waals surface area contributed by atoms with Crippen LogP contribution in [0.4, 0.5) is 10.5 Å². The minimum Gasteiger partial charge on any atom is -0.483 e. The number of thioether (sulfide) groups is 1. The smallest absolute Gasteiger partial charge is 0.293 e. The Morgan fingerprint density at radius 2 is 1.82 bits per heavy atom. The monoisotopic (exact) mass is 620 g/mol. The number of nitrogens with zero attached hydrogens (tertiary/aromatic N) is 1. The number of carbonyl (C=O) groups is 3. The van der Waals surface area contributed by atoms with E-state index in [-0.39, 0.29) is 35.1 Å². The van der Waals surface area contributed by atoms with Crippen molar-refractivity contribution in [3.05, 3.63) is 110 Å². The highest BCUT2D eigenvalue weighted by atomic mass is 79.9. The van der Waals surface area contributed by atoms with Crippen molar-refractivity contribution in [3.63, 3.8) is 0 Å². The van der Waals surface area contributed by atoms with Gasteiger partial charge in [-0.05, 0) is 83.1 Å². The number of benzene rings is 4. The van der Waals surface area contributed by atoms with E-state index in [0.717, 1.165) is 38.1 Å². The van der Waals surface area contributed by atoms with Crippen LogP contribution in [0.1, 0.15) is 16.7 Å². The number of hydrogen-bond acceptors (Lipinski definition) is 5. The van der Waals surface area contributed by atoms with Crippen molar-refractivity contribution in [3.8, 4) is 5.75 Å². The second-order valence-electron chi connectivity index (χ2n) is 8.93. The summed E-state index contributed by atoms with van der Waals surface area (Å²) < 4.78 is 6.55. The highest BCUT2D eigenvalue weighted by Crippen LogP contribution is 2.36. The Balaban J connectivity index is 1.30. The van der Waals surface area contributed by atoms with Crippen molar-refractivity contribution in [1.82, 2.24) is 4.90 Å². The molecule has 3 amide bonds. The summed E-state index contributed by atoms with van der Waals surface area (Å²) in [5.41, 5.74) is 2.90. The molecule has 9 heteroatoms. The molecule has 0 bridgehead atoms. The first-order chi connectivity index (χ1) is 18.8. The van der Waals surface area contributed by atoms with Crippen LogP contribution < -0.4 is 10.1 Å². The molecule has 4 aromatic carbocycles. The Kier molecular flexibility index (Phi) is 8.07. The second kappa shape index (κ2) is 11.7. The fraction of sp³-hybridized carbons (Fsp3) is 0.100. The second-order valence-corrected chi connectivity index (χ2v) is 11.2. The molecule has 0 aromatic heterocycles. The van der Waals surface area contributed by atoms with Crippen LogP contribution in [0.2, 0.25) is 5.02 Å². The third-order valence-corrected chi connectivity index (χ3v) is 7.91. The molecular weight excluding hydrogens is 600 g/mol. The van der Waals surface area contributed by atoms with E-state index in [9.17, 15) is 14.4 Å². The lowest BCUT2D eigenvalue weighted by molar-refractivity contribution is -0.123. The first-order valence-corrected chi connectivity index (χ1v) is 14.0. The third kappa shape index (κ3) is 6.36. The molecule has 1 aliphatic heterocycles. The average molecular weight is 622 g/mol. The molecule has 0 aliphatic carbocycles. The Hall–Kier alpha value is -3.59. The van der Waals surface area contributed by atoms with Gasteiger partial charge in [0.05, 0.1) is 11.4 Å². The van der Waals surface area contributed by atoms with Crippen molar-refractivity contribution in [2.24, 2.45) is 0 Å². The minimum absolute atomic E-state index is 0.178. The molecule has 39 heavy (non-hydrogen) atoms. The van der Waals surface area contributed by atoms with Crippen LogP contribution in [0.15, 0.2) is 88.2 Å². The molecule has 0 unspecified atom stereocenters. The zero-order chi connectivity index (χ0) is 27.5. The van der Waals surface area contributed by atoms with E-state index in [1.54, 1.807) is 36.4 Å². The first-order valence-electron chi connectivity index (χ1n) is 12.0. The van der Waals surface area contributed by atoms with E-state index in [1.165, 1.54) is 4.90 Å². The van der Waals surface area contributed by atoms with E-state index in [2.05, 4.69) is 21.2 Å². The summed E-state index contributed by atoms with van der Waals surface area (Å²) in [5, 5.41) is 5.10. The lowest BCUT2D eigenvalue weighted by atomic mass is 10.1.